The predicted octanol–water partition coefficient (Wildman–Crippen LogP) is 2.58. The minimum absolute atomic E-state index is 0.0406. The molecule has 104 valence electrons. The monoisotopic (exact) mass is 282 g/mol. The van der Waals surface area contributed by atoms with E-state index in [4.69, 9.17) is 22.1 Å². The summed E-state index contributed by atoms with van der Waals surface area (Å²) in [5, 5.41) is 0.583. The number of amides is 1. The number of hydrogen-bond acceptors (Lipinski definition) is 3. The van der Waals surface area contributed by atoms with Gasteiger partial charge in [-0.15, -0.1) is 0 Å². The highest BCUT2D eigenvalue weighted by atomic mass is 35.5. The first kappa shape index (κ1) is 14.2. The highest BCUT2D eigenvalue weighted by Crippen LogP contribution is 2.36. The number of carbonyl (C=O) groups is 1. The third kappa shape index (κ3) is 2.85. The van der Waals surface area contributed by atoms with Crippen LogP contribution in [0.25, 0.3) is 0 Å². The largest absolute Gasteiger partial charge is 0.478 e. The fourth-order valence-corrected chi connectivity index (χ4v) is 2.27. The van der Waals surface area contributed by atoms with E-state index in [9.17, 15) is 4.79 Å². The van der Waals surface area contributed by atoms with Crippen LogP contribution in [-0.4, -0.2) is 24.6 Å². The zero-order valence-electron chi connectivity index (χ0n) is 11.2. The number of hydrogen-bond donors (Lipinski definition) is 1. The van der Waals surface area contributed by atoms with E-state index in [1.165, 1.54) is 0 Å². The number of benzene rings is 1. The van der Waals surface area contributed by atoms with Crippen LogP contribution in [0.3, 0.4) is 0 Å². The molecular formula is C14H19ClN2O2. The average Bonchev–Trinajstić information content (AvgIpc) is 2.41. The normalized spacial score (nSPS) is 19.9. The third-order valence-corrected chi connectivity index (χ3v) is 3.57. The first-order valence-electron chi connectivity index (χ1n) is 6.60. The highest BCUT2D eigenvalue weighted by Gasteiger charge is 2.33. The van der Waals surface area contributed by atoms with Crippen molar-refractivity contribution in [3.8, 4) is 5.75 Å². The first-order chi connectivity index (χ1) is 9.06. The van der Waals surface area contributed by atoms with Gasteiger partial charge in [0.2, 0.25) is 0 Å². The number of rotatable bonds is 4. The Balaban J connectivity index is 2.38. The molecule has 1 aromatic rings. The maximum atomic E-state index is 12.4. The zero-order valence-corrected chi connectivity index (χ0v) is 12.0. The summed E-state index contributed by atoms with van der Waals surface area (Å²) in [7, 11) is 0. The third-order valence-electron chi connectivity index (χ3n) is 3.33. The quantitative estimate of drug-likeness (QED) is 0.923. The predicted molar refractivity (Wildman–Crippen MR) is 76.8 cm³/mol. The summed E-state index contributed by atoms with van der Waals surface area (Å²) in [5.41, 5.74) is 6.69. The Hall–Kier alpha value is -1.26. The maximum Gasteiger partial charge on any atom is 0.268 e. The molecular weight excluding hydrogens is 264 g/mol. The van der Waals surface area contributed by atoms with Crippen molar-refractivity contribution in [2.45, 2.75) is 38.8 Å². The molecule has 5 heteroatoms. The van der Waals surface area contributed by atoms with Gasteiger partial charge in [0.1, 0.15) is 5.75 Å². The Labute approximate surface area is 118 Å². The van der Waals surface area contributed by atoms with Gasteiger partial charge in [0.15, 0.2) is 6.10 Å². The van der Waals surface area contributed by atoms with Gasteiger partial charge in [0.25, 0.3) is 5.91 Å². The van der Waals surface area contributed by atoms with E-state index in [1.54, 1.807) is 23.1 Å². The van der Waals surface area contributed by atoms with Crippen molar-refractivity contribution in [1.82, 2.24) is 0 Å². The Morgan fingerprint density at radius 1 is 1.47 bits per heavy atom. The fourth-order valence-electron chi connectivity index (χ4n) is 2.11. The molecule has 1 aromatic carbocycles. The van der Waals surface area contributed by atoms with Crippen molar-refractivity contribution < 1.29 is 9.53 Å². The number of ether oxygens (including phenoxy) is 1. The van der Waals surface area contributed by atoms with Crippen molar-refractivity contribution in [1.29, 1.82) is 0 Å². The lowest BCUT2D eigenvalue weighted by Crippen LogP contribution is -2.49. The molecule has 0 aromatic heterocycles. The standard InChI is InChI=1S/C14H19ClN2O2/c1-3-10(16)8-17-11-7-9(15)5-6-13(11)19-12(4-2)14(17)18/h5-7,10,12H,3-4,8,16H2,1-2H3. The molecule has 4 nitrogen and oxygen atoms in total. The van der Waals surface area contributed by atoms with Crippen molar-refractivity contribution in [3.63, 3.8) is 0 Å². The summed E-state index contributed by atoms with van der Waals surface area (Å²) in [6.45, 7) is 4.43. The Morgan fingerprint density at radius 2 is 2.21 bits per heavy atom. The molecule has 19 heavy (non-hydrogen) atoms. The molecule has 1 aliphatic rings. The van der Waals surface area contributed by atoms with E-state index in [0.717, 1.165) is 6.42 Å². The number of halogens is 1. The Morgan fingerprint density at radius 3 is 2.84 bits per heavy atom. The van der Waals surface area contributed by atoms with Gasteiger partial charge in [-0.1, -0.05) is 25.4 Å². The topological polar surface area (TPSA) is 55.6 Å². The summed E-state index contributed by atoms with van der Waals surface area (Å²) >= 11 is 6.01. The van der Waals surface area contributed by atoms with Crippen LogP contribution in [0.1, 0.15) is 26.7 Å². The summed E-state index contributed by atoms with van der Waals surface area (Å²) in [6, 6.07) is 5.27. The van der Waals surface area contributed by atoms with E-state index in [1.807, 2.05) is 13.8 Å². The molecule has 1 amide bonds. The second-order valence-electron chi connectivity index (χ2n) is 4.74. The van der Waals surface area contributed by atoms with Crippen LogP contribution < -0.4 is 15.4 Å². The molecule has 2 atom stereocenters. The second-order valence-corrected chi connectivity index (χ2v) is 5.18. The minimum Gasteiger partial charge on any atom is -0.478 e. The summed E-state index contributed by atoms with van der Waals surface area (Å²) in [4.78, 5) is 14.1. The molecule has 0 bridgehead atoms. The van der Waals surface area contributed by atoms with E-state index < -0.39 is 6.10 Å². The maximum absolute atomic E-state index is 12.4. The number of carbonyl (C=O) groups excluding carboxylic acids is 1. The lowest BCUT2D eigenvalue weighted by atomic mass is 10.1. The van der Waals surface area contributed by atoms with Gasteiger partial charge < -0.3 is 15.4 Å². The van der Waals surface area contributed by atoms with Crippen LogP contribution in [0.5, 0.6) is 5.75 Å². The smallest absolute Gasteiger partial charge is 0.268 e. The molecule has 1 heterocycles. The number of fused-ring (bicyclic) bond motifs is 1. The van der Waals surface area contributed by atoms with E-state index in [0.29, 0.717) is 29.4 Å². The lowest BCUT2D eigenvalue weighted by molar-refractivity contribution is -0.126. The number of anilines is 1. The van der Waals surface area contributed by atoms with Gasteiger partial charge in [0.05, 0.1) is 5.69 Å². The summed E-state index contributed by atoms with van der Waals surface area (Å²) in [6.07, 6.45) is 1.02. The molecule has 0 aliphatic carbocycles. The Bertz CT molecular complexity index is 479. The van der Waals surface area contributed by atoms with Crippen molar-refractivity contribution in [2.24, 2.45) is 5.73 Å². The molecule has 2 N–H and O–H groups in total. The van der Waals surface area contributed by atoms with Crippen molar-refractivity contribution in [2.75, 3.05) is 11.4 Å². The number of nitrogens with zero attached hydrogens (tertiary/aromatic N) is 1. The van der Waals surface area contributed by atoms with Crippen LogP contribution in [0.4, 0.5) is 5.69 Å². The van der Waals surface area contributed by atoms with Crippen LogP contribution in [-0.2, 0) is 4.79 Å². The fraction of sp³-hybridized carbons (Fsp3) is 0.500. The molecule has 1 aliphatic heterocycles. The average molecular weight is 283 g/mol. The van der Waals surface area contributed by atoms with E-state index in [-0.39, 0.29) is 11.9 Å². The first-order valence-corrected chi connectivity index (χ1v) is 6.97. The minimum atomic E-state index is -0.433. The molecule has 0 fully saturated rings. The van der Waals surface area contributed by atoms with E-state index >= 15 is 0 Å². The number of nitrogens with two attached hydrogens (primary N) is 1. The van der Waals surface area contributed by atoms with Gasteiger partial charge in [-0.25, -0.2) is 0 Å². The molecule has 0 spiro atoms. The van der Waals surface area contributed by atoms with Crippen molar-refractivity contribution in [3.05, 3.63) is 23.2 Å². The van der Waals surface area contributed by atoms with Gasteiger partial charge >= 0.3 is 0 Å². The molecule has 0 saturated carbocycles. The van der Waals surface area contributed by atoms with Crippen LogP contribution in [0.15, 0.2) is 18.2 Å². The lowest BCUT2D eigenvalue weighted by Gasteiger charge is -2.35. The van der Waals surface area contributed by atoms with Crippen LogP contribution in [0.2, 0.25) is 5.02 Å². The molecule has 0 radical (unpaired) electrons. The summed E-state index contributed by atoms with van der Waals surface area (Å²) < 4.78 is 5.70. The SMILES string of the molecule is CCC(N)CN1C(=O)C(CC)Oc2ccc(Cl)cc21. The molecule has 2 rings (SSSR count). The van der Waals surface area contributed by atoms with Gasteiger partial charge in [-0.05, 0) is 31.0 Å². The van der Waals surface area contributed by atoms with Gasteiger partial charge in [0, 0.05) is 17.6 Å². The van der Waals surface area contributed by atoms with Gasteiger partial charge in [-0.3, -0.25) is 4.79 Å². The highest BCUT2D eigenvalue weighted by molar-refractivity contribution is 6.31. The zero-order chi connectivity index (χ0) is 14.0. The van der Waals surface area contributed by atoms with Gasteiger partial charge in [-0.2, -0.15) is 0 Å². The Kier molecular flexibility index (Phi) is 4.32. The van der Waals surface area contributed by atoms with Crippen LogP contribution in [0, 0.1) is 0 Å². The van der Waals surface area contributed by atoms with Crippen molar-refractivity contribution >= 4 is 23.2 Å². The summed E-state index contributed by atoms with van der Waals surface area (Å²) in [5.74, 6) is 0.653. The van der Waals surface area contributed by atoms with E-state index in [2.05, 4.69) is 0 Å². The van der Waals surface area contributed by atoms with Crippen LogP contribution >= 0.6 is 11.6 Å². The molecule has 0 saturated heterocycles. The molecule has 2 unspecified atom stereocenters. The second kappa shape index (κ2) is 5.80.